The molecule has 1 rings (SSSR count). The van der Waals surface area contributed by atoms with Crippen LogP contribution in [0, 0.1) is 11.3 Å². The average Bonchev–Trinajstić information content (AvgIpc) is 2.37. The van der Waals surface area contributed by atoms with Gasteiger partial charge in [-0.25, -0.2) is 0 Å². The summed E-state index contributed by atoms with van der Waals surface area (Å²) in [4.78, 5) is 11.6. The molecule has 1 fully saturated rings. The van der Waals surface area contributed by atoms with Crippen molar-refractivity contribution in [2.24, 2.45) is 11.3 Å². The lowest BCUT2D eigenvalue weighted by Crippen LogP contribution is -2.39. The van der Waals surface area contributed by atoms with Gasteiger partial charge in [-0.3, -0.25) is 4.79 Å². The van der Waals surface area contributed by atoms with E-state index in [1.165, 1.54) is 19.3 Å². The lowest BCUT2D eigenvalue weighted by molar-refractivity contribution is -0.122. The topological polar surface area (TPSA) is 49.3 Å². The largest absolute Gasteiger partial charge is 0.396 e. The van der Waals surface area contributed by atoms with Gasteiger partial charge in [-0.15, -0.1) is 0 Å². The Morgan fingerprint density at radius 2 is 1.89 bits per heavy atom. The molecule has 1 saturated carbocycles. The Morgan fingerprint density at radius 1 is 1.28 bits per heavy atom. The Labute approximate surface area is 111 Å². The number of carbonyl (C=O) groups is 1. The normalized spacial score (nSPS) is 24.9. The molecule has 0 unspecified atom stereocenters. The highest BCUT2D eigenvalue weighted by atomic mass is 16.3. The van der Waals surface area contributed by atoms with E-state index in [0.29, 0.717) is 24.3 Å². The predicted molar refractivity (Wildman–Crippen MR) is 74.3 cm³/mol. The van der Waals surface area contributed by atoms with Crippen LogP contribution in [0.25, 0.3) is 0 Å². The van der Waals surface area contributed by atoms with E-state index in [9.17, 15) is 4.79 Å². The molecule has 106 valence electrons. The molecule has 0 radical (unpaired) electrons. The first kappa shape index (κ1) is 15.5. The van der Waals surface area contributed by atoms with E-state index in [1.807, 2.05) is 0 Å². The van der Waals surface area contributed by atoms with Gasteiger partial charge in [0.05, 0.1) is 0 Å². The number of hydrogen-bond donors (Lipinski definition) is 2. The quantitative estimate of drug-likeness (QED) is 0.766. The minimum atomic E-state index is 0.0993. The van der Waals surface area contributed by atoms with Crippen LogP contribution in [0.5, 0.6) is 0 Å². The summed E-state index contributed by atoms with van der Waals surface area (Å²) in [6.45, 7) is 7.09. The first-order valence-corrected chi connectivity index (χ1v) is 7.39. The van der Waals surface area contributed by atoms with Crippen LogP contribution in [0.2, 0.25) is 0 Å². The van der Waals surface area contributed by atoms with Crippen molar-refractivity contribution in [3.8, 4) is 0 Å². The maximum absolute atomic E-state index is 11.6. The SMILES string of the molecule is CCC(C)(C)C1CCC(NC(=O)CCCO)CC1. The number of nitrogens with one attached hydrogen (secondary N) is 1. The lowest BCUT2D eigenvalue weighted by Gasteiger charge is -2.39. The predicted octanol–water partition coefficient (Wildman–Crippen LogP) is 2.87. The standard InChI is InChI=1S/C15H29NO2/c1-4-15(2,3)12-7-9-13(10-8-12)16-14(18)6-5-11-17/h12-13,17H,4-11H2,1-3H3,(H,16,18). The van der Waals surface area contributed by atoms with E-state index in [4.69, 9.17) is 5.11 Å². The van der Waals surface area contributed by atoms with Crippen molar-refractivity contribution >= 4 is 5.91 Å². The van der Waals surface area contributed by atoms with Crippen LogP contribution in [-0.4, -0.2) is 23.7 Å². The molecule has 0 atom stereocenters. The van der Waals surface area contributed by atoms with Crippen molar-refractivity contribution in [3.63, 3.8) is 0 Å². The zero-order valence-corrected chi connectivity index (χ0v) is 12.2. The highest BCUT2D eigenvalue weighted by Gasteiger charge is 2.31. The molecule has 1 aliphatic rings. The van der Waals surface area contributed by atoms with Gasteiger partial charge in [0.25, 0.3) is 0 Å². The van der Waals surface area contributed by atoms with E-state index in [-0.39, 0.29) is 12.5 Å². The van der Waals surface area contributed by atoms with Gasteiger partial charge in [0.15, 0.2) is 0 Å². The highest BCUT2D eigenvalue weighted by molar-refractivity contribution is 5.76. The molecule has 1 amide bonds. The van der Waals surface area contributed by atoms with Crippen LogP contribution in [0.4, 0.5) is 0 Å². The van der Waals surface area contributed by atoms with Gasteiger partial charge in [-0.1, -0.05) is 27.2 Å². The molecule has 0 aromatic rings. The Morgan fingerprint density at radius 3 is 2.39 bits per heavy atom. The Bertz CT molecular complexity index is 255. The summed E-state index contributed by atoms with van der Waals surface area (Å²) in [6, 6.07) is 0.361. The van der Waals surface area contributed by atoms with E-state index in [2.05, 4.69) is 26.1 Å². The molecule has 0 aromatic heterocycles. The third kappa shape index (κ3) is 4.60. The fourth-order valence-corrected chi connectivity index (χ4v) is 2.85. The van der Waals surface area contributed by atoms with Crippen LogP contribution in [-0.2, 0) is 4.79 Å². The maximum Gasteiger partial charge on any atom is 0.220 e. The highest BCUT2D eigenvalue weighted by Crippen LogP contribution is 2.40. The summed E-state index contributed by atoms with van der Waals surface area (Å²) < 4.78 is 0. The molecule has 3 nitrogen and oxygen atoms in total. The smallest absolute Gasteiger partial charge is 0.220 e. The number of carbonyl (C=O) groups excluding carboxylic acids is 1. The number of amides is 1. The first-order valence-electron chi connectivity index (χ1n) is 7.39. The molecule has 3 heteroatoms. The van der Waals surface area contributed by atoms with Gasteiger partial charge >= 0.3 is 0 Å². The monoisotopic (exact) mass is 255 g/mol. The van der Waals surface area contributed by atoms with Crippen LogP contribution in [0.15, 0.2) is 0 Å². The molecule has 0 spiro atoms. The molecule has 0 heterocycles. The summed E-state index contributed by atoms with van der Waals surface area (Å²) in [5, 5.41) is 11.8. The third-order valence-corrected chi connectivity index (χ3v) is 4.67. The number of hydrogen-bond acceptors (Lipinski definition) is 2. The number of rotatable bonds is 6. The lowest BCUT2D eigenvalue weighted by atomic mass is 9.69. The number of aliphatic hydroxyl groups excluding tert-OH is 1. The Balaban J connectivity index is 2.29. The molecule has 2 N–H and O–H groups in total. The van der Waals surface area contributed by atoms with E-state index < -0.39 is 0 Å². The second-order valence-electron chi connectivity index (χ2n) is 6.29. The second-order valence-corrected chi connectivity index (χ2v) is 6.29. The first-order chi connectivity index (χ1) is 8.49. The summed E-state index contributed by atoms with van der Waals surface area (Å²) in [7, 11) is 0. The van der Waals surface area contributed by atoms with Crippen LogP contribution >= 0.6 is 0 Å². The Hall–Kier alpha value is -0.570. The molecule has 0 aromatic carbocycles. The third-order valence-electron chi connectivity index (χ3n) is 4.67. The fourth-order valence-electron chi connectivity index (χ4n) is 2.85. The van der Waals surface area contributed by atoms with Gasteiger partial charge in [0.2, 0.25) is 5.91 Å². The molecule has 0 saturated heterocycles. The molecule has 0 bridgehead atoms. The Kier molecular flexibility index (Phi) is 6.13. The number of aliphatic hydroxyl groups is 1. The maximum atomic E-state index is 11.6. The van der Waals surface area contributed by atoms with Crippen LogP contribution < -0.4 is 5.32 Å². The van der Waals surface area contributed by atoms with E-state index in [0.717, 1.165) is 18.8 Å². The molecule has 0 aliphatic heterocycles. The van der Waals surface area contributed by atoms with E-state index >= 15 is 0 Å². The zero-order chi connectivity index (χ0) is 13.6. The van der Waals surface area contributed by atoms with Crippen molar-refractivity contribution in [1.82, 2.24) is 5.32 Å². The van der Waals surface area contributed by atoms with Crippen LogP contribution in [0.3, 0.4) is 0 Å². The van der Waals surface area contributed by atoms with Gasteiger partial charge < -0.3 is 10.4 Å². The van der Waals surface area contributed by atoms with Gasteiger partial charge in [0.1, 0.15) is 0 Å². The van der Waals surface area contributed by atoms with Gasteiger partial charge in [-0.05, 0) is 43.4 Å². The molecule has 1 aliphatic carbocycles. The van der Waals surface area contributed by atoms with Crippen molar-refractivity contribution in [2.75, 3.05) is 6.61 Å². The summed E-state index contributed by atoms with van der Waals surface area (Å²) in [6.07, 6.45) is 6.93. The second kappa shape index (κ2) is 7.13. The van der Waals surface area contributed by atoms with Crippen molar-refractivity contribution < 1.29 is 9.90 Å². The van der Waals surface area contributed by atoms with Crippen molar-refractivity contribution in [1.29, 1.82) is 0 Å². The summed E-state index contributed by atoms with van der Waals surface area (Å²) >= 11 is 0. The average molecular weight is 255 g/mol. The zero-order valence-electron chi connectivity index (χ0n) is 12.2. The fraction of sp³-hybridized carbons (Fsp3) is 0.933. The molecular formula is C15H29NO2. The minimum Gasteiger partial charge on any atom is -0.396 e. The van der Waals surface area contributed by atoms with Crippen LogP contribution in [0.1, 0.15) is 65.7 Å². The van der Waals surface area contributed by atoms with E-state index in [1.54, 1.807) is 0 Å². The van der Waals surface area contributed by atoms with Gasteiger partial charge in [-0.2, -0.15) is 0 Å². The van der Waals surface area contributed by atoms with Crippen molar-refractivity contribution in [3.05, 3.63) is 0 Å². The molecular weight excluding hydrogens is 226 g/mol. The van der Waals surface area contributed by atoms with Gasteiger partial charge in [0, 0.05) is 19.1 Å². The van der Waals surface area contributed by atoms with Crippen molar-refractivity contribution in [2.45, 2.75) is 71.8 Å². The summed E-state index contributed by atoms with van der Waals surface area (Å²) in [5.74, 6) is 0.898. The minimum absolute atomic E-state index is 0.0993. The molecule has 18 heavy (non-hydrogen) atoms. The summed E-state index contributed by atoms with van der Waals surface area (Å²) in [5.41, 5.74) is 0.436.